The molecule has 0 aromatic heterocycles. The molecule has 0 unspecified atom stereocenters. The van der Waals surface area contributed by atoms with Crippen molar-refractivity contribution in [2.75, 3.05) is 18.1 Å². The number of carbonyl (C=O) groups is 3. The largest absolute Gasteiger partial charge is 0.548 e. The first-order chi connectivity index (χ1) is 15.0. The Morgan fingerprint density at radius 3 is 2.58 bits per heavy atom. The Morgan fingerprint density at radius 2 is 1.87 bits per heavy atom. The van der Waals surface area contributed by atoms with Gasteiger partial charge in [0.15, 0.2) is 0 Å². The van der Waals surface area contributed by atoms with E-state index in [1.165, 1.54) is 4.90 Å². The molecule has 164 valence electrons. The third-order valence-electron chi connectivity index (χ3n) is 5.37. The number of nitrogens with one attached hydrogen (secondary N) is 1. The lowest BCUT2D eigenvalue weighted by atomic mass is 10.0. The van der Waals surface area contributed by atoms with E-state index in [0.29, 0.717) is 31.4 Å². The third kappa shape index (κ3) is 5.92. The molecule has 7 heteroatoms. The molecule has 0 saturated heterocycles. The number of aliphatic carboxylic acids is 1. The molecule has 0 bridgehead atoms. The lowest BCUT2D eigenvalue weighted by molar-refractivity contribution is -0.303. The van der Waals surface area contributed by atoms with Crippen molar-refractivity contribution in [2.24, 2.45) is 0 Å². The molecule has 1 aliphatic rings. The van der Waals surface area contributed by atoms with Gasteiger partial charge in [0.05, 0.1) is 25.2 Å². The minimum absolute atomic E-state index is 0.239. The first kappa shape index (κ1) is 22.5. The zero-order valence-electron chi connectivity index (χ0n) is 17.6. The Hall–Kier alpha value is -3.19. The van der Waals surface area contributed by atoms with E-state index in [1.807, 2.05) is 42.5 Å². The lowest BCUT2D eigenvalue weighted by Gasteiger charge is -2.28. The van der Waals surface area contributed by atoms with Crippen molar-refractivity contribution < 1.29 is 24.2 Å². The van der Waals surface area contributed by atoms with E-state index in [1.54, 1.807) is 19.1 Å². The molecule has 1 N–H and O–H groups in total. The monoisotopic (exact) mass is 423 g/mol. The SMILES string of the molecule is CCOC(=O)[C@H](CCc1ccccc1)N[C@H]1CCc2ccccc2N(CC(=O)[O-])C1=O. The Labute approximate surface area is 182 Å². The topological polar surface area (TPSA) is 98.8 Å². The van der Waals surface area contributed by atoms with Crippen molar-refractivity contribution in [2.45, 2.75) is 44.7 Å². The van der Waals surface area contributed by atoms with Crippen LogP contribution in [0.15, 0.2) is 54.6 Å². The second-order valence-corrected chi connectivity index (χ2v) is 7.51. The van der Waals surface area contributed by atoms with Gasteiger partial charge in [0.25, 0.3) is 0 Å². The van der Waals surface area contributed by atoms with Gasteiger partial charge < -0.3 is 19.5 Å². The van der Waals surface area contributed by atoms with Crippen molar-refractivity contribution in [1.29, 1.82) is 0 Å². The summed E-state index contributed by atoms with van der Waals surface area (Å²) in [6, 6.07) is 15.6. The van der Waals surface area contributed by atoms with Gasteiger partial charge in [0.1, 0.15) is 6.04 Å². The fourth-order valence-corrected chi connectivity index (χ4v) is 3.87. The summed E-state index contributed by atoms with van der Waals surface area (Å²) in [5.74, 6) is -2.14. The zero-order valence-corrected chi connectivity index (χ0v) is 17.6. The number of para-hydroxylation sites is 1. The molecule has 7 nitrogen and oxygen atoms in total. The number of carboxylic acids is 1. The molecule has 31 heavy (non-hydrogen) atoms. The highest BCUT2D eigenvalue weighted by molar-refractivity contribution is 6.01. The molecule has 2 aromatic carbocycles. The molecule has 1 amide bonds. The highest BCUT2D eigenvalue weighted by Crippen LogP contribution is 2.27. The van der Waals surface area contributed by atoms with Gasteiger partial charge in [-0.05, 0) is 49.8 Å². The lowest BCUT2D eigenvalue weighted by Crippen LogP contribution is -2.54. The van der Waals surface area contributed by atoms with E-state index >= 15 is 0 Å². The van der Waals surface area contributed by atoms with Crippen LogP contribution in [0.2, 0.25) is 0 Å². The number of rotatable bonds is 9. The molecule has 3 rings (SSSR count). The molecule has 0 radical (unpaired) electrons. The van der Waals surface area contributed by atoms with Crippen LogP contribution in [0.25, 0.3) is 0 Å². The molecule has 0 saturated carbocycles. The smallest absolute Gasteiger partial charge is 0.323 e. The number of carbonyl (C=O) groups excluding carboxylic acids is 3. The van der Waals surface area contributed by atoms with Crippen LogP contribution in [-0.2, 0) is 32.0 Å². The van der Waals surface area contributed by atoms with Gasteiger partial charge in [0.2, 0.25) is 5.91 Å². The summed E-state index contributed by atoms with van der Waals surface area (Å²) in [5.41, 5.74) is 2.54. The normalized spacial score (nSPS) is 16.9. The van der Waals surface area contributed by atoms with Crippen LogP contribution in [0.5, 0.6) is 0 Å². The van der Waals surface area contributed by atoms with Crippen LogP contribution < -0.4 is 15.3 Å². The van der Waals surface area contributed by atoms with Crippen molar-refractivity contribution in [3.63, 3.8) is 0 Å². The Kier molecular flexibility index (Phi) is 7.78. The first-order valence-electron chi connectivity index (χ1n) is 10.5. The summed E-state index contributed by atoms with van der Waals surface area (Å²) in [5, 5.41) is 14.5. The van der Waals surface area contributed by atoms with Crippen molar-refractivity contribution >= 4 is 23.5 Å². The molecular weight excluding hydrogens is 396 g/mol. The average molecular weight is 423 g/mol. The quantitative estimate of drug-likeness (QED) is 0.610. The second kappa shape index (κ2) is 10.7. The van der Waals surface area contributed by atoms with E-state index in [2.05, 4.69) is 5.32 Å². The predicted octanol–water partition coefficient (Wildman–Crippen LogP) is 1.24. The van der Waals surface area contributed by atoms with Crippen LogP contribution in [0.1, 0.15) is 30.9 Å². The molecule has 2 atom stereocenters. The van der Waals surface area contributed by atoms with E-state index in [9.17, 15) is 19.5 Å². The summed E-state index contributed by atoms with van der Waals surface area (Å²) >= 11 is 0. The second-order valence-electron chi connectivity index (χ2n) is 7.51. The maximum atomic E-state index is 13.3. The summed E-state index contributed by atoms with van der Waals surface area (Å²) < 4.78 is 5.22. The number of carboxylic acid groups (broad SMARTS) is 1. The maximum Gasteiger partial charge on any atom is 0.323 e. The molecule has 0 spiro atoms. The summed E-state index contributed by atoms with van der Waals surface area (Å²) in [4.78, 5) is 38.4. The van der Waals surface area contributed by atoms with E-state index in [4.69, 9.17) is 4.74 Å². The number of nitrogens with zero attached hydrogens (tertiary/aromatic N) is 1. The highest BCUT2D eigenvalue weighted by Gasteiger charge is 2.33. The summed E-state index contributed by atoms with van der Waals surface area (Å²) in [6.45, 7) is 1.44. The Morgan fingerprint density at radius 1 is 1.16 bits per heavy atom. The number of ether oxygens (including phenoxy) is 1. The summed E-state index contributed by atoms with van der Waals surface area (Å²) in [6.07, 6.45) is 2.12. The number of aryl methyl sites for hydroxylation is 2. The maximum absolute atomic E-state index is 13.3. The van der Waals surface area contributed by atoms with E-state index < -0.39 is 30.6 Å². The summed E-state index contributed by atoms with van der Waals surface area (Å²) in [7, 11) is 0. The molecule has 1 heterocycles. The molecule has 2 aromatic rings. The third-order valence-corrected chi connectivity index (χ3v) is 5.37. The molecule has 1 aliphatic heterocycles. The zero-order chi connectivity index (χ0) is 22.2. The number of amides is 1. The minimum atomic E-state index is -1.34. The van der Waals surface area contributed by atoms with Crippen molar-refractivity contribution in [3.8, 4) is 0 Å². The highest BCUT2D eigenvalue weighted by atomic mass is 16.5. The van der Waals surface area contributed by atoms with Gasteiger partial charge >= 0.3 is 5.97 Å². The van der Waals surface area contributed by atoms with E-state index in [-0.39, 0.29) is 12.5 Å². The van der Waals surface area contributed by atoms with Crippen molar-refractivity contribution in [3.05, 3.63) is 65.7 Å². The minimum Gasteiger partial charge on any atom is -0.548 e. The Balaban J connectivity index is 1.79. The van der Waals surface area contributed by atoms with Crippen LogP contribution in [-0.4, -0.2) is 43.1 Å². The molecule has 0 fully saturated rings. The fourth-order valence-electron chi connectivity index (χ4n) is 3.87. The van der Waals surface area contributed by atoms with Crippen LogP contribution in [0.4, 0.5) is 5.69 Å². The van der Waals surface area contributed by atoms with Gasteiger partial charge in [-0.1, -0.05) is 48.5 Å². The van der Waals surface area contributed by atoms with Gasteiger partial charge in [-0.3, -0.25) is 14.9 Å². The van der Waals surface area contributed by atoms with Gasteiger partial charge in [-0.15, -0.1) is 0 Å². The van der Waals surface area contributed by atoms with Gasteiger partial charge in [-0.2, -0.15) is 0 Å². The number of fused-ring (bicyclic) bond motifs is 1. The Bertz CT molecular complexity index is 915. The van der Waals surface area contributed by atoms with Gasteiger partial charge in [-0.25, -0.2) is 0 Å². The predicted molar refractivity (Wildman–Crippen MR) is 114 cm³/mol. The number of hydrogen-bond donors (Lipinski definition) is 1. The first-order valence-corrected chi connectivity index (χ1v) is 10.5. The van der Waals surface area contributed by atoms with Crippen LogP contribution >= 0.6 is 0 Å². The number of benzene rings is 2. The van der Waals surface area contributed by atoms with Crippen molar-refractivity contribution in [1.82, 2.24) is 5.32 Å². The number of hydrogen-bond acceptors (Lipinski definition) is 6. The van der Waals surface area contributed by atoms with Gasteiger partial charge in [0, 0.05) is 5.69 Å². The standard InChI is InChI=1S/C24H28N2O5/c1-2-31-24(30)20(14-12-17-8-4-3-5-9-17)25-19-15-13-18-10-6-7-11-21(18)26(23(19)29)16-22(27)28/h3-11,19-20,25H,2,12-16H2,1H3,(H,27,28)/p-1/t19-,20-/m0/s1. The fraction of sp³-hybridized carbons (Fsp3) is 0.375. The van der Waals surface area contributed by atoms with Crippen LogP contribution in [0, 0.1) is 0 Å². The number of anilines is 1. The molecular formula is C24H27N2O5-. The number of esters is 1. The average Bonchev–Trinajstić information content (AvgIpc) is 2.89. The van der Waals surface area contributed by atoms with Crippen LogP contribution in [0.3, 0.4) is 0 Å². The van der Waals surface area contributed by atoms with E-state index in [0.717, 1.165) is 11.1 Å². The molecule has 0 aliphatic carbocycles.